The number of thiophene rings is 1. The molecule has 0 radical (unpaired) electrons. The Kier molecular flexibility index (Phi) is 4.33. The summed E-state index contributed by atoms with van der Waals surface area (Å²) in [4.78, 5) is 19.2. The van der Waals surface area contributed by atoms with Crippen LogP contribution >= 0.6 is 11.3 Å². The van der Waals surface area contributed by atoms with E-state index in [0.29, 0.717) is 25.5 Å². The third-order valence-electron chi connectivity index (χ3n) is 5.17. The molecule has 3 N–H and O–H groups in total. The number of piperazine rings is 1. The Balaban J connectivity index is 1.68. The smallest absolute Gasteiger partial charge is 0.234 e. The molecule has 3 aromatic heterocycles. The van der Waals surface area contributed by atoms with Crippen LogP contribution in [0.4, 0.5) is 5.82 Å². The molecule has 1 fully saturated rings. The number of nitrogens with two attached hydrogens (primary N) is 1. The number of benzene rings is 1. The summed E-state index contributed by atoms with van der Waals surface area (Å²) >= 11 is 1.66. The molecule has 0 spiro atoms. The Morgan fingerprint density at radius 1 is 1.38 bits per heavy atom. The molecule has 0 unspecified atom stereocenters. The quantitative estimate of drug-likeness (QED) is 0.537. The highest BCUT2D eigenvalue weighted by atomic mass is 32.1. The van der Waals surface area contributed by atoms with Crippen LogP contribution in [-0.4, -0.2) is 52.1 Å². The third-order valence-corrected chi connectivity index (χ3v) is 6.35. The van der Waals surface area contributed by atoms with Crippen molar-refractivity contribution in [3.05, 3.63) is 42.4 Å². The normalized spacial score (nSPS) is 15.1. The first kappa shape index (κ1) is 17.9. The average Bonchev–Trinajstić information content (AvgIpc) is 3.29. The molecule has 0 aliphatic carbocycles. The van der Waals surface area contributed by atoms with Gasteiger partial charge in [-0.25, -0.2) is 9.50 Å². The van der Waals surface area contributed by atoms with E-state index in [-0.39, 0.29) is 5.91 Å². The van der Waals surface area contributed by atoms with E-state index in [1.165, 1.54) is 6.33 Å². The molecule has 4 aromatic rings. The van der Waals surface area contributed by atoms with Gasteiger partial charge in [0.15, 0.2) is 5.82 Å². The van der Waals surface area contributed by atoms with Crippen molar-refractivity contribution in [2.24, 2.45) is 0 Å². The zero-order chi connectivity index (χ0) is 20.0. The predicted octanol–water partition coefficient (Wildman–Crippen LogP) is 2.13. The number of ether oxygens (including phenoxy) is 1. The number of hydrogen-bond donors (Lipinski definition) is 2. The zero-order valence-electron chi connectivity index (χ0n) is 15.9. The lowest BCUT2D eigenvalue weighted by Crippen LogP contribution is -2.47. The third kappa shape index (κ3) is 3.08. The van der Waals surface area contributed by atoms with Crippen LogP contribution in [0, 0.1) is 0 Å². The van der Waals surface area contributed by atoms with Gasteiger partial charge in [-0.15, -0.1) is 11.3 Å². The van der Waals surface area contributed by atoms with Gasteiger partial charge in [-0.1, -0.05) is 12.1 Å². The minimum Gasteiger partial charge on any atom is -0.495 e. The standard InChI is InChI=1S/C20H20N6O2S/c1-28-14-4-2-3-12-7-15(29-19(12)14)17-13(8-25-6-5-22-16(27)10-25)9-26-18(17)20(21)23-11-24-26/h2-4,7,9,11H,5-6,8,10H2,1H3,(H,22,27)(H2,21,23,24). The van der Waals surface area contributed by atoms with Crippen molar-refractivity contribution in [2.45, 2.75) is 6.54 Å². The van der Waals surface area contributed by atoms with Crippen molar-refractivity contribution in [3.8, 4) is 16.2 Å². The molecule has 1 aliphatic heterocycles. The number of fused-ring (bicyclic) bond motifs is 2. The number of anilines is 1. The summed E-state index contributed by atoms with van der Waals surface area (Å²) < 4.78 is 8.40. The summed E-state index contributed by atoms with van der Waals surface area (Å²) in [5, 5.41) is 8.34. The molecule has 1 amide bonds. The second kappa shape index (κ2) is 7.02. The van der Waals surface area contributed by atoms with Gasteiger partial charge in [-0.05, 0) is 23.1 Å². The number of carbonyl (C=O) groups is 1. The van der Waals surface area contributed by atoms with Crippen molar-refractivity contribution in [1.29, 1.82) is 0 Å². The molecule has 148 valence electrons. The average molecular weight is 408 g/mol. The summed E-state index contributed by atoms with van der Waals surface area (Å²) in [6.45, 7) is 2.48. The van der Waals surface area contributed by atoms with Gasteiger partial charge in [0.05, 0.1) is 18.4 Å². The van der Waals surface area contributed by atoms with E-state index < -0.39 is 0 Å². The maximum Gasteiger partial charge on any atom is 0.234 e. The van der Waals surface area contributed by atoms with E-state index in [0.717, 1.165) is 43.9 Å². The lowest BCUT2D eigenvalue weighted by Gasteiger charge is -2.26. The van der Waals surface area contributed by atoms with Crippen LogP contribution in [0.3, 0.4) is 0 Å². The van der Waals surface area contributed by atoms with Gasteiger partial charge in [-0.3, -0.25) is 9.69 Å². The highest BCUT2D eigenvalue weighted by Crippen LogP contribution is 2.42. The van der Waals surface area contributed by atoms with Gasteiger partial charge >= 0.3 is 0 Å². The van der Waals surface area contributed by atoms with Crippen LogP contribution in [-0.2, 0) is 11.3 Å². The van der Waals surface area contributed by atoms with Crippen LogP contribution < -0.4 is 15.8 Å². The van der Waals surface area contributed by atoms with E-state index in [1.807, 2.05) is 18.3 Å². The van der Waals surface area contributed by atoms with Gasteiger partial charge in [0.1, 0.15) is 17.6 Å². The number of nitrogen functional groups attached to an aromatic ring is 1. The second-order valence-electron chi connectivity index (χ2n) is 7.02. The fraction of sp³-hybridized carbons (Fsp3) is 0.250. The molecule has 0 bridgehead atoms. The summed E-state index contributed by atoms with van der Waals surface area (Å²) in [6.07, 6.45) is 3.44. The summed E-state index contributed by atoms with van der Waals surface area (Å²) in [5.74, 6) is 1.33. The van der Waals surface area contributed by atoms with Crippen LogP contribution in [0.1, 0.15) is 5.56 Å². The molecule has 4 heterocycles. The van der Waals surface area contributed by atoms with Gasteiger partial charge in [0.2, 0.25) is 5.91 Å². The Hall–Kier alpha value is -3.17. The van der Waals surface area contributed by atoms with Crippen molar-refractivity contribution in [1.82, 2.24) is 24.8 Å². The largest absolute Gasteiger partial charge is 0.495 e. The molecule has 0 atom stereocenters. The fourth-order valence-electron chi connectivity index (χ4n) is 3.87. The van der Waals surface area contributed by atoms with Crippen LogP contribution in [0.2, 0.25) is 0 Å². The molecule has 29 heavy (non-hydrogen) atoms. The Morgan fingerprint density at radius 3 is 3.10 bits per heavy atom. The molecule has 9 heteroatoms. The summed E-state index contributed by atoms with van der Waals surface area (Å²) in [5.41, 5.74) is 9.11. The molecule has 1 saturated heterocycles. The Labute approximate surface area is 170 Å². The maximum atomic E-state index is 11.8. The van der Waals surface area contributed by atoms with Crippen LogP contribution in [0.15, 0.2) is 36.8 Å². The molecule has 1 aliphatic rings. The lowest BCUT2D eigenvalue weighted by atomic mass is 10.1. The topological polar surface area (TPSA) is 97.8 Å². The number of methoxy groups -OCH3 is 1. The van der Waals surface area contributed by atoms with Gasteiger partial charge in [0.25, 0.3) is 0 Å². The minimum atomic E-state index is 0.0486. The first-order valence-electron chi connectivity index (χ1n) is 9.30. The van der Waals surface area contributed by atoms with E-state index >= 15 is 0 Å². The highest BCUT2D eigenvalue weighted by Gasteiger charge is 2.23. The molecular weight excluding hydrogens is 388 g/mol. The van der Waals surface area contributed by atoms with Crippen molar-refractivity contribution >= 4 is 38.7 Å². The summed E-state index contributed by atoms with van der Waals surface area (Å²) in [6, 6.07) is 8.17. The SMILES string of the molecule is COc1cccc2cc(-c3c(CN4CCNC(=O)C4)cn4ncnc(N)c34)sc12. The number of carbonyl (C=O) groups excluding carboxylic acids is 1. The zero-order valence-corrected chi connectivity index (χ0v) is 16.7. The number of nitrogens with one attached hydrogen (secondary N) is 1. The van der Waals surface area contributed by atoms with Crippen molar-refractivity contribution in [2.75, 3.05) is 32.5 Å². The van der Waals surface area contributed by atoms with E-state index in [1.54, 1.807) is 23.0 Å². The fourth-order valence-corrected chi connectivity index (χ4v) is 5.10. The first-order chi connectivity index (χ1) is 14.1. The first-order valence-corrected chi connectivity index (χ1v) is 10.1. The van der Waals surface area contributed by atoms with Gasteiger partial charge in [0, 0.05) is 36.3 Å². The van der Waals surface area contributed by atoms with Crippen molar-refractivity contribution in [3.63, 3.8) is 0 Å². The predicted molar refractivity (Wildman–Crippen MR) is 113 cm³/mol. The molecule has 0 saturated carbocycles. The molecule has 5 rings (SSSR count). The number of hydrogen-bond acceptors (Lipinski definition) is 7. The summed E-state index contributed by atoms with van der Waals surface area (Å²) in [7, 11) is 1.68. The number of rotatable bonds is 4. The van der Waals surface area contributed by atoms with Crippen LogP contribution in [0.25, 0.3) is 26.0 Å². The second-order valence-corrected chi connectivity index (χ2v) is 8.07. The lowest BCUT2D eigenvalue weighted by molar-refractivity contribution is -0.124. The minimum absolute atomic E-state index is 0.0486. The Morgan fingerprint density at radius 2 is 2.28 bits per heavy atom. The van der Waals surface area contributed by atoms with Crippen LogP contribution in [0.5, 0.6) is 5.75 Å². The maximum absolute atomic E-state index is 11.8. The van der Waals surface area contributed by atoms with E-state index in [2.05, 4.69) is 32.4 Å². The van der Waals surface area contributed by atoms with E-state index in [4.69, 9.17) is 10.5 Å². The van der Waals surface area contributed by atoms with Gasteiger partial charge < -0.3 is 15.8 Å². The number of aromatic nitrogens is 3. The van der Waals surface area contributed by atoms with Crippen molar-refractivity contribution < 1.29 is 9.53 Å². The monoisotopic (exact) mass is 408 g/mol. The number of amides is 1. The molecule has 1 aromatic carbocycles. The van der Waals surface area contributed by atoms with Gasteiger partial charge in [-0.2, -0.15) is 5.10 Å². The van der Waals surface area contributed by atoms with E-state index in [9.17, 15) is 4.79 Å². The Bertz CT molecular complexity index is 1230. The molecule has 8 nitrogen and oxygen atoms in total. The highest BCUT2D eigenvalue weighted by molar-refractivity contribution is 7.22. The number of nitrogens with zero attached hydrogens (tertiary/aromatic N) is 4. The molecular formula is C20H20N6O2S.